The lowest BCUT2D eigenvalue weighted by Crippen LogP contribution is -2.56. The number of aromatic nitrogens is 2. The van der Waals surface area contributed by atoms with Gasteiger partial charge in [0, 0.05) is 13.6 Å². The molecule has 0 saturated heterocycles. The molecule has 0 fully saturated rings. The Labute approximate surface area is 108 Å². The highest BCUT2D eigenvalue weighted by atomic mass is 16.2. The Balaban J connectivity index is 2.56. The fourth-order valence-corrected chi connectivity index (χ4v) is 2.62. The maximum atomic E-state index is 12.2. The summed E-state index contributed by atoms with van der Waals surface area (Å²) < 4.78 is 1.88. The molecule has 0 aromatic carbocycles. The van der Waals surface area contributed by atoms with Crippen LogP contribution in [0.15, 0.2) is 0 Å². The van der Waals surface area contributed by atoms with E-state index < -0.39 is 5.54 Å². The topological polar surface area (TPSA) is 50.2 Å². The number of rotatable bonds is 3. The van der Waals surface area contributed by atoms with E-state index in [2.05, 4.69) is 29.2 Å². The second-order valence-corrected chi connectivity index (χ2v) is 5.28. The summed E-state index contributed by atoms with van der Waals surface area (Å²) in [5, 5.41) is 7.57. The van der Waals surface area contributed by atoms with Gasteiger partial charge in [-0.25, -0.2) is 0 Å². The normalized spacial score (nSPS) is 17.6. The van der Waals surface area contributed by atoms with Crippen LogP contribution in [0.2, 0.25) is 0 Å². The highest BCUT2D eigenvalue weighted by Gasteiger charge is 2.42. The number of nitrogens with zero attached hydrogens (tertiary/aromatic N) is 3. The number of aryl methyl sites for hydroxylation is 2. The van der Waals surface area contributed by atoms with Gasteiger partial charge in [-0.2, -0.15) is 5.10 Å². The molecule has 0 saturated carbocycles. The molecule has 5 heteroatoms. The Kier molecular flexibility index (Phi) is 3.09. The summed E-state index contributed by atoms with van der Waals surface area (Å²) in [5.74, 6) is 1.06. The average molecular weight is 250 g/mol. The molecule has 1 aliphatic rings. The summed E-state index contributed by atoms with van der Waals surface area (Å²) in [6.45, 7) is 8.87. The largest absolute Gasteiger partial charge is 0.341 e. The number of nitrogens with one attached hydrogen (secondary N) is 1. The fourth-order valence-electron chi connectivity index (χ4n) is 2.62. The van der Waals surface area contributed by atoms with E-state index in [0.29, 0.717) is 0 Å². The van der Waals surface area contributed by atoms with Crippen molar-refractivity contribution < 1.29 is 4.79 Å². The highest BCUT2D eigenvalue weighted by molar-refractivity contribution is 6.06. The fraction of sp³-hybridized carbons (Fsp3) is 0.692. The molecule has 1 aromatic heterocycles. The average Bonchev–Trinajstić information content (AvgIpc) is 2.58. The van der Waals surface area contributed by atoms with Crippen molar-refractivity contribution in [2.45, 2.75) is 46.1 Å². The minimum absolute atomic E-state index is 0.0437. The minimum Gasteiger partial charge on any atom is -0.341 e. The SMILES string of the molecule is CCCc1nn(C)c2c1NC(=O)C(C)(C)N2CC. The number of amides is 1. The highest BCUT2D eigenvalue weighted by Crippen LogP contribution is 2.38. The van der Waals surface area contributed by atoms with Crippen LogP contribution in [0.3, 0.4) is 0 Å². The zero-order chi connectivity index (χ0) is 13.5. The van der Waals surface area contributed by atoms with E-state index >= 15 is 0 Å². The van der Waals surface area contributed by atoms with Crippen molar-refractivity contribution in [2.75, 3.05) is 16.8 Å². The van der Waals surface area contributed by atoms with Gasteiger partial charge in [0.25, 0.3) is 0 Å². The van der Waals surface area contributed by atoms with Crippen molar-refractivity contribution in [3.63, 3.8) is 0 Å². The minimum atomic E-state index is -0.529. The first-order valence-corrected chi connectivity index (χ1v) is 6.58. The molecule has 0 unspecified atom stereocenters. The van der Waals surface area contributed by atoms with Crippen LogP contribution < -0.4 is 10.2 Å². The van der Waals surface area contributed by atoms with Gasteiger partial charge in [0.2, 0.25) is 5.91 Å². The predicted molar refractivity (Wildman–Crippen MR) is 72.9 cm³/mol. The lowest BCUT2D eigenvalue weighted by atomic mass is 9.98. The molecule has 0 spiro atoms. The van der Waals surface area contributed by atoms with Crippen molar-refractivity contribution >= 4 is 17.4 Å². The molecule has 1 amide bonds. The van der Waals surface area contributed by atoms with Crippen LogP contribution in [-0.2, 0) is 18.3 Å². The van der Waals surface area contributed by atoms with Crippen molar-refractivity contribution in [3.05, 3.63) is 5.69 Å². The summed E-state index contributed by atoms with van der Waals surface area (Å²) in [5.41, 5.74) is 1.35. The molecule has 5 nitrogen and oxygen atoms in total. The number of fused-ring (bicyclic) bond motifs is 1. The quantitative estimate of drug-likeness (QED) is 0.891. The molecule has 1 aromatic rings. The first-order valence-electron chi connectivity index (χ1n) is 6.58. The van der Waals surface area contributed by atoms with Gasteiger partial charge in [0.1, 0.15) is 11.2 Å². The standard InChI is InChI=1S/C13H22N4O/c1-6-8-9-10-11(16(5)15-9)17(7-2)13(3,4)12(18)14-10/h6-8H2,1-5H3,(H,14,18). The second kappa shape index (κ2) is 4.30. The Hall–Kier alpha value is -1.52. The summed E-state index contributed by atoms with van der Waals surface area (Å²) >= 11 is 0. The lowest BCUT2D eigenvalue weighted by molar-refractivity contribution is -0.120. The summed E-state index contributed by atoms with van der Waals surface area (Å²) in [4.78, 5) is 14.3. The van der Waals surface area contributed by atoms with E-state index in [-0.39, 0.29) is 5.91 Å². The van der Waals surface area contributed by atoms with Crippen molar-refractivity contribution in [1.82, 2.24) is 9.78 Å². The molecule has 0 aliphatic carbocycles. The van der Waals surface area contributed by atoms with Gasteiger partial charge in [-0.1, -0.05) is 13.3 Å². The van der Waals surface area contributed by atoms with Crippen molar-refractivity contribution in [1.29, 1.82) is 0 Å². The molecule has 2 heterocycles. The van der Waals surface area contributed by atoms with Crippen molar-refractivity contribution in [2.24, 2.45) is 7.05 Å². The van der Waals surface area contributed by atoms with Crippen LogP contribution >= 0.6 is 0 Å². The van der Waals surface area contributed by atoms with E-state index in [1.807, 2.05) is 25.6 Å². The third-order valence-corrected chi connectivity index (χ3v) is 3.62. The molecular formula is C13H22N4O. The van der Waals surface area contributed by atoms with E-state index in [9.17, 15) is 4.79 Å². The van der Waals surface area contributed by atoms with Crippen LogP contribution in [0.5, 0.6) is 0 Å². The molecule has 1 N–H and O–H groups in total. The second-order valence-electron chi connectivity index (χ2n) is 5.28. The molecule has 0 bridgehead atoms. The van der Waals surface area contributed by atoms with Gasteiger partial charge >= 0.3 is 0 Å². The number of hydrogen-bond donors (Lipinski definition) is 1. The number of carbonyl (C=O) groups is 1. The van der Waals surface area contributed by atoms with Crippen LogP contribution in [-0.4, -0.2) is 27.8 Å². The molecule has 1 aliphatic heterocycles. The Morgan fingerprint density at radius 3 is 2.56 bits per heavy atom. The summed E-state index contributed by atoms with van der Waals surface area (Å²) in [6, 6.07) is 0. The number of carbonyl (C=O) groups excluding carboxylic acids is 1. The molecule has 18 heavy (non-hydrogen) atoms. The number of likely N-dealkylation sites (N-methyl/N-ethyl adjacent to an activating group) is 1. The number of anilines is 2. The lowest BCUT2D eigenvalue weighted by Gasteiger charge is -2.42. The van der Waals surface area contributed by atoms with Gasteiger partial charge in [-0.05, 0) is 27.2 Å². The molecule has 2 rings (SSSR count). The van der Waals surface area contributed by atoms with Gasteiger partial charge in [-0.3, -0.25) is 9.48 Å². The third-order valence-electron chi connectivity index (χ3n) is 3.62. The zero-order valence-electron chi connectivity index (χ0n) is 11.9. The molecule has 0 atom stereocenters. The molecule has 0 radical (unpaired) electrons. The van der Waals surface area contributed by atoms with Crippen LogP contribution in [0, 0.1) is 0 Å². The van der Waals surface area contributed by atoms with Crippen molar-refractivity contribution in [3.8, 4) is 0 Å². The Bertz CT molecular complexity index is 476. The van der Waals surface area contributed by atoms with E-state index in [0.717, 1.165) is 36.6 Å². The van der Waals surface area contributed by atoms with Gasteiger partial charge in [-0.15, -0.1) is 0 Å². The zero-order valence-corrected chi connectivity index (χ0v) is 11.9. The maximum Gasteiger partial charge on any atom is 0.249 e. The van der Waals surface area contributed by atoms with Gasteiger partial charge < -0.3 is 10.2 Å². The van der Waals surface area contributed by atoms with E-state index in [4.69, 9.17) is 0 Å². The van der Waals surface area contributed by atoms with Gasteiger partial charge in [0.05, 0.1) is 5.69 Å². The monoisotopic (exact) mass is 250 g/mol. The smallest absolute Gasteiger partial charge is 0.249 e. The molecular weight excluding hydrogens is 228 g/mol. The first kappa shape index (κ1) is 12.9. The molecule has 100 valence electrons. The Morgan fingerprint density at radius 1 is 1.33 bits per heavy atom. The van der Waals surface area contributed by atoms with E-state index in [1.54, 1.807) is 0 Å². The predicted octanol–water partition coefficient (Wildman–Crippen LogP) is 1.93. The summed E-state index contributed by atoms with van der Waals surface area (Å²) in [7, 11) is 1.94. The third kappa shape index (κ3) is 1.69. The van der Waals surface area contributed by atoms with E-state index in [1.165, 1.54) is 0 Å². The van der Waals surface area contributed by atoms with Crippen LogP contribution in [0.25, 0.3) is 0 Å². The van der Waals surface area contributed by atoms with Crippen LogP contribution in [0.4, 0.5) is 11.5 Å². The Morgan fingerprint density at radius 2 is 2.00 bits per heavy atom. The van der Waals surface area contributed by atoms with Crippen LogP contribution in [0.1, 0.15) is 39.8 Å². The maximum absolute atomic E-state index is 12.2. The summed E-state index contributed by atoms with van der Waals surface area (Å²) in [6.07, 6.45) is 1.91. The number of hydrogen-bond acceptors (Lipinski definition) is 3. The van der Waals surface area contributed by atoms with Gasteiger partial charge in [0.15, 0.2) is 5.82 Å². The first-order chi connectivity index (χ1) is 8.43.